The molecule has 0 radical (unpaired) electrons. The summed E-state index contributed by atoms with van der Waals surface area (Å²) < 4.78 is 10.8. The molecule has 0 aliphatic carbocycles. The van der Waals surface area contributed by atoms with Crippen LogP contribution in [0.4, 0.5) is 9.59 Å². The number of alkyl carbamates (subject to hydrolysis) is 1. The highest BCUT2D eigenvalue weighted by Crippen LogP contribution is 2.36. The number of amides is 2. The van der Waals surface area contributed by atoms with Crippen LogP contribution in [0.1, 0.15) is 52.0 Å². The number of ether oxygens (including phenoxy) is 2. The van der Waals surface area contributed by atoms with Crippen molar-refractivity contribution in [3.63, 3.8) is 0 Å². The van der Waals surface area contributed by atoms with Gasteiger partial charge in [0.1, 0.15) is 12.2 Å². The Morgan fingerprint density at radius 2 is 1.83 bits per heavy atom. The summed E-state index contributed by atoms with van der Waals surface area (Å²) in [6, 6.07) is 9.53. The summed E-state index contributed by atoms with van der Waals surface area (Å²) in [5.74, 6) is 0. The number of nitrogens with zero attached hydrogens (tertiary/aromatic N) is 1. The van der Waals surface area contributed by atoms with Gasteiger partial charge in [0.15, 0.2) is 0 Å². The Labute approximate surface area is 173 Å². The van der Waals surface area contributed by atoms with Crippen LogP contribution in [0, 0.1) is 5.41 Å². The topological polar surface area (TPSA) is 88.1 Å². The highest BCUT2D eigenvalue weighted by Gasteiger charge is 2.37. The molecular formula is C22H34N2O5. The van der Waals surface area contributed by atoms with E-state index in [1.165, 1.54) is 0 Å². The quantitative estimate of drug-likeness (QED) is 0.721. The number of likely N-dealkylation sites (tertiary alicyclic amines) is 1. The van der Waals surface area contributed by atoms with E-state index in [2.05, 4.69) is 5.32 Å². The zero-order valence-electron chi connectivity index (χ0n) is 17.8. The molecule has 0 aromatic heterocycles. The average molecular weight is 407 g/mol. The summed E-state index contributed by atoms with van der Waals surface area (Å²) >= 11 is 0. The van der Waals surface area contributed by atoms with Crippen LogP contribution in [0.5, 0.6) is 0 Å². The van der Waals surface area contributed by atoms with Crippen LogP contribution in [0.25, 0.3) is 0 Å². The molecule has 1 heterocycles. The van der Waals surface area contributed by atoms with E-state index < -0.39 is 11.7 Å². The third-order valence-corrected chi connectivity index (χ3v) is 5.16. The lowest BCUT2D eigenvalue weighted by molar-refractivity contribution is 0.00780. The summed E-state index contributed by atoms with van der Waals surface area (Å²) in [5, 5.41) is 12.1. The van der Waals surface area contributed by atoms with Crippen LogP contribution in [-0.2, 0) is 16.1 Å². The molecule has 1 aliphatic rings. The van der Waals surface area contributed by atoms with Gasteiger partial charge in [-0.1, -0.05) is 30.3 Å². The molecule has 2 N–H and O–H groups in total. The summed E-state index contributed by atoms with van der Waals surface area (Å²) in [6.07, 6.45) is 2.17. The molecule has 0 bridgehead atoms. The molecule has 0 saturated carbocycles. The minimum Gasteiger partial charge on any atom is -0.445 e. The number of aliphatic hydroxyl groups excluding tert-OH is 1. The summed E-state index contributed by atoms with van der Waals surface area (Å²) in [4.78, 5) is 26.2. The number of benzene rings is 1. The zero-order chi connectivity index (χ0) is 21.3. The van der Waals surface area contributed by atoms with Crippen molar-refractivity contribution in [2.75, 3.05) is 26.2 Å². The third-order valence-electron chi connectivity index (χ3n) is 5.16. The Bertz CT molecular complexity index is 649. The van der Waals surface area contributed by atoms with E-state index in [1.54, 1.807) is 4.90 Å². The van der Waals surface area contributed by atoms with E-state index in [4.69, 9.17) is 9.47 Å². The number of hydrogen-bond donors (Lipinski definition) is 2. The first-order valence-electron chi connectivity index (χ1n) is 10.3. The van der Waals surface area contributed by atoms with Gasteiger partial charge in [-0.25, -0.2) is 9.59 Å². The van der Waals surface area contributed by atoms with Crippen molar-refractivity contribution in [3.8, 4) is 0 Å². The lowest BCUT2D eigenvalue weighted by Gasteiger charge is -2.42. The molecule has 0 atom stereocenters. The molecule has 1 aliphatic heterocycles. The lowest BCUT2D eigenvalue weighted by Crippen LogP contribution is -2.49. The second-order valence-electron chi connectivity index (χ2n) is 8.71. The molecule has 7 nitrogen and oxygen atoms in total. The van der Waals surface area contributed by atoms with Gasteiger partial charge >= 0.3 is 12.2 Å². The molecule has 2 rings (SSSR count). The van der Waals surface area contributed by atoms with Crippen LogP contribution in [0.3, 0.4) is 0 Å². The van der Waals surface area contributed by atoms with Crippen molar-refractivity contribution >= 4 is 12.2 Å². The van der Waals surface area contributed by atoms with E-state index in [1.807, 2.05) is 51.1 Å². The first-order valence-corrected chi connectivity index (χ1v) is 10.3. The molecule has 0 unspecified atom stereocenters. The minimum absolute atomic E-state index is 0.107. The molecule has 1 saturated heterocycles. The first kappa shape index (κ1) is 23.0. The first-order chi connectivity index (χ1) is 13.7. The molecule has 0 spiro atoms. The average Bonchev–Trinajstić information content (AvgIpc) is 2.69. The number of carbonyl (C=O) groups is 2. The van der Waals surface area contributed by atoms with Gasteiger partial charge in [-0.15, -0.1) is 0 Å². The molecule has 7 heteroatoms. The molecule has 1 aromatic rings. The van der Waals surface area contributed by atoms with Crippen molar-refractivity contribution in [1.29, 1.82) is 0 Å². The fourth-order valence-electron chi connectivity index (χ4n) is 3.49. The van der Waals surface area contributed by atoms with E-state index in [9.17, 15) is 14.7 Å². The van der Waals surface area contributed by atoms with Gasteiger partial charge in [0.05, 0.1) is 0 Å². The van der Waals surface area contributed by atoms with E-state index in [0.29, 0.717) is 26.1 Å². The number of aliphatic hydroxyl groups is 1. The van der Waals surface area contributed by atoms with Crippen molar-refractivity contribution in [2.45, 2.75) is 58.7 Å². The minimum atomic E-state index is -0.521. The second kappa shape index (κ2) is 10.5. The van der Waals surface area contributed by atoms with E-state index >= 15 is 0 Å². The molecule has 162 valence electrons. The summed E-state index contributed by atoms with van der Waals surface area (Å²) in [6.45, 7) is 7.49. The van der Waals surface area contributed by atoms with Gasteiger partial charge in [0.25, 0.3) is 0 Å². The van der Waals surface area contributed by atoms with E-state index in [0.717, 1.165) is 24.8 Å². The van der Waals surface area contributed by atoms with E-state index in [-0.39, 0.29) is 24.7 Å². The van der Waals surface area contributed by atoms with Crippen molar-refractivity contribution < 1.29 is 24.2 Å². The largest absolute Gasteiger partial charge is 0.445 e. The fraction of sp³-hybridized carbons (Fsp3) is 0.636. The highest BCUT2D eigenvalue weighted by molar-refractivity contribution is 5.68. The van der Waals surface area contributed by atoms with Crippen LogP contribution in [0.15, 0.2) is 30.3 Å². The van der Waals surface area contributed by atoms with Crippen molar-refractivity contribution in [1.82, 2.24) is 10.2 Å². The molecule has 29 heavy (non-hydrogen) atoms. The second-order valence-corrected chi connectivity index (χ2v) is 8.71. The number of rotatable bonds is 7. The lowest BCUT2D eigenvalue weighted by atomic mass is 9.75. The standard InChI is InChI=1S/C22H34N2O5/c1-21(2,3)29-20(27)24-13-11-22(12-14-24,10-7-15-25)17-23-19(26)28-16-18-8-5-4-6-9-18/h4-6,8-9,25H,7,10-17H2,1-3H3,(H,23,26). The molecular weight excluding hydrogens is 372 g/mol. The Morgan fingerprint density at radius 1 is 1.17 bits per heavy atom. The number of piperidine rings is 1. The smallest absolute Gasteiger partial charge is 0.410 e. The SMILES string of the molecule is CC(C)(C)OC(=O)N1CCC(CCCO)(CNC(=O)OCc2ccccc2)CC1. The van der Waals surface area contributed by atoms with Crippen LogP contribution in [0.2, 0.25) is 0 Å². The normalized spacial score (nSPS) is 16.2. The Balaban J connectivity index is 1.85. The van der Waals surface area contributed by atoms with Gasteiger partial charge < -0.3 is 24.8 Å². The summed E-state index contributed by atoms with van der Waals surface area (Å²) in [7, 11) is 0. The maximum atomic E-state index is 12.3. The maximum Gasteiger partial charge on any atom is 0.410 e. The number of nitrogens with one attached hydrogen (secondary N) is 1. The molecule has 1 fully saturated rings. The van der Waals surface area contributed by atoms with Gasteiger partial charge in [0.2, 0.25) is 0 Å². The monoisotopic (exact) mass is 406 g/mol. The van der Waals surface area contributed by atoms with Gasteiger partial charge in [-0.2, -0.15) is 0 Å². The number of carbonyl (C=O) groups excluding carboxylic acids is 2. The number of hydrogen-bond acceptors (Lipinski definition) is 5. The zero-order valence-corrected chi connectivity index (χ0v) is 17.8. The Kier molecular flexibility index (Phi) is 8.32. The van der Waals surface area contributed by atoms with Crippen LogP contribution < -0.4 is 5.32 Å². The van der Waals surface area contributed by atoms with Crippen molar-refractivity contribution in [2.24, 2.45) is 5.41 Å². The predicted octanol–water partition coefficient (Wildman–Crippen LogP) is 3.70. The molecule has 1 aromatic carbocycles. The van der Waals surface area contributed by atoms with Crippen LogP contribution in [-0.4, -0.2) is 54.0 Å². The Morgan fingerprint density at radius 3 is 2.41 bits per heavy atom. The van der Waals surface area contributed by atoms with Crippen molar-refractivity contribution in [3.05, 3.63) is 35.9 Å². The van der Waals surface area contributed by atoms with Crippen LogP contribution >= 0.6 is 0 Å². The third kappa shape index (κ3) is 7.93. The maximum absolute atomic E-state index is 12.3. The predicted molar refractivity (Wildman–Crippen MR) is 110 cm³/mol. The van der Waals surface area contributed by atoms with Gasteiger partial charge in [0, 0.05) is 26.2 Å². The Hall–Kier alpha value is -2.28. The van der Waals surface area contributed by atoms with Gasteiger partial charge in [-0.05, 0) is 57.4 Å². The summed E-state index contributed by atoms with van der Waals surface area (Å²) in [5.41, 5.74) is 0.253. The fourth-order valence-corrected chi connectivity index (χ4v) is 3.49. The van der Waals surface area contributed by atoms with Gasteiger partial charge in [-0.3, -0.25) is 0 Å². The molecule has 2 amide bonds. The highest BCUT2D eigenvalue weighted by atomic mass is 16.6.